The number of hydrogen-bond acceptors (Lipinski definition) is 2. The molecule has 17 heavy (non-hydrogen) atoms. The van der Waals surface area contributed by atoms with Gasteiger partial charge in [0.05, 0.1) is 17.3 Å². The van der Waals surface area contributed by atoms with Crippen LogP contribution in [0.3, 0.4) is 0 Å². The van der Waals surface area contributed by atoms with E-state index in [4.69, 9.17) is 16.0 Å². The molecular weight excluding hydrogens is 236 g/mol. The fraction of sp³-hybridized carbons (Fsp3) is 0.154. The maximum Gasteiger partial charge on any atom is 0.177 e. The van der Waals surface area contributed by atoms with Crippen molar-refractivity contribution < 1.29 is 4.42 Å². The SMILES string of the molecule is CCn1c(-c2ccco2)nc2cc(Cl)ccc21. The number of nitrogens with zero attached hydrogens (tertiary/aromatic N) is 2. The van der Waals surface area contributed by atoms with Gasteiger partial charge in [-0.25, -0.2) is 4.98 Å². The molecule has 0 aliphatic heterocycles. The van der Waals surface area contributed by atoms with Crippen molar-refractivity contribution in [1.82, 2.24) is 9.55 Å². The van der Waals surface area contributed by atoms with Gasteiger partial charge >= 0.3 is 0 Å². The molecule has 0 fully saturated rings. The smallest absolute Gasteiger partial charge is 0.177 e. The Balaban J connectivity index is 2.31. The second kappa shape index (κ2) is 3.93. The van der Waals surface area contributed by atoms with Crippen LogP contribution in [0.15, 0.2) is 41.0 Å². The summed E-state index contributed by atoms with van der Waals surface area (Å²) in [6.45, 7) is 2.93. The maximum atomic E-state index is 5.98. The van der Waals surface area contributed by atoms with Crippen molar-refractivity contribution in [2.75, 3.05) is 0 Å². The fourth-order valence-corrected chi connectivity index (χ4v) is 2.18. The molecule has 0 saturated heterocycles. The minimum Gasteiger partial charge on any atom is -0.461 e. The third-order valence-electron chi connectivity index (χ3n) is 2.77. The van der Waals surface area contributed by atoms with Gasteiger partial charge in [-0.1, -0.05) is 11.6 Å². The average molecular weight is 247 g/mol. The Bertz CT molecular complexity index is 655. The van der Waals surface area contributed by atoms with E-state index < -0.39 is 0 Å². The highest BCUT2D eigenvalue weighted by atomic mass is 35.5. The first kappa shape index (κ1) is 10.4. The van der Waals surface area contributed by atoms with Gasteiger partial charge in [0.25, 0.3) is 0 Å². The quantitative estimate of drug-likeness (QED) is 0.685. The molecule has 0 spiro atoms. The summed E-state index contributed by atoms with van der Waals surface area (Å²) < 4.78 is 7.52. The van der Waals surface area contributed by atoms with Gasteiger partial charge in [0.15, 0.2) is 11.6 Å². The van der Waals surface area contributed by atoms with Gasteiger partial charge in [-0.2, -0.15) is 0 Å². The highest BCUT2D eigenvalue weighted by Gasteiger charge is 2.13. The molecule has 0 atom stereocenters. The average Bonchev–Trinajstić information content (AvgIpc) is 2.94. The molecule has 0 unspecified atom stereocenters. The minimum absolute atomic E-state index is 0.698. The first-order valence-electron chi connectivity index (χ1n) is 5.49. The molecule has 0 saturated carbocycles. The number of fused-ring (bicyclic) bond motifs is 1. The van der Waals surface area contributed by atoms with Crippen LogP contribution in [0.25, 0.3) is 22.6 Å². The molecule has 3 nitrogen and oxygen atoms in total. The molecule has 2 heterocycles. The number of aromatic nitrogens is 2. The Kier molecular flexibility index (Phi) is 2.41. The van der Waals surface area contributed by atoms with Crippen LogP contribution >= 0.6 is 11.6 Å². The van der Waals surface area contributed by atoms with Crippen LogP contribution in [0.1, 0.15) is 6.92 Å². The molecule has 86 valence electrons. The Morgan fingerprint density at radius 1 is 1.35 bits per heavy atom. The van der Waals surface area contributed by atoms with Crippen LogP contribution in [0, 0.1) is 0 Å². The molecule has 4 heteroatoms. The van der Waals surface area contributed by atoms with Gasteiger partial charge in [-0.15, -0.1) is 0 Å². The second-order valence-corrected chi connectivity index (χ2v) is 4.23. The standard InChI is InChI=1S/C13H11ClN2O/c1-2-16-11-6-5-9(14)8-10(11)15-13(16)12-4-3-7-17-12/h3-8H,2H2,1H3. The molecule has 0 aliphatic carbocycles. The van der Waals surface area contributed by atoms with E-state index in [2.05, 4.69) is 16.5 Å². The Morgan fingerprint density at radius 2 is 2.24 bits per heavy atom. The molecule has 0 N–H and O–H groups in total. The van der Waals surface area contributed by atoms with Gasteiger partial charge in [0.1, 0.15) is 0 Å². The second-order valence-electron chi connectivity index (χ2n) is 3.79. The summed E-state index contributed by atoms with van der Waals surface area (Å²) >= 11 is 5.98. The van der Waals surface area contributed by atoms with E-state index in [1.165, 1.54) is 0 Å². The first-order valence-corrected chi connectivity index (χ1v) is 5.87. The molecule has 2 aromatic heterocycles. The molecule has 3 rings (SSSR count). The zero-order valence-electron chi connectivity index (χ0n) is 9.35. The summed E-state index contributed by atoms with van der Waals surface area (Å²) in [5.41, 5.74) is 1.97. The monoisotopic (exact) mass is 246 g/mol. The predicted octanol–water partition coefficient (Wildman–Crippen LogP) is 3.97. The van der Waals surface area contributed by atoms with Crippen LogP contribution in [0.4, 0.5) is 0 Å². The van der Waals surface area contributed by atoms with Gasteiger partial charge in [0.2, 0.25) is 0 Å². The summed E-state index contributed by atoms with van der Waals surface area (Å²) in [6.07, 6.45) is 1.65. The van der Waals surface area contributed by atoms with Crippen LogP contribution in [-0.4, -0.2) is 9.55 Å². The lowest BCUT2D eigenvalue weighted by Gasteiger charge is -2.03. The van der Waals surface area contributed by atoms with Gasteiger partial charge in [0, 0.05) is 11.6 Å². The van der Waals surface area contributed by atoms with Crippen molar-refractivity contribution in [2.45, 2.75) is 13.5 Å². The van der Waals surface area contributed by atoms with Gasteiger partial charge in [-0.05, 0) is 37.3 Å². The van der Waals surface area contributed by atoms with Crippen LogP contribution in [-0.2, 0) is 6.54 Å². The molecule has 0 bridgehead atoms. The highest BCUT2D eigenvalue weighted by Crippen LogP contribution is 2.26. The van der Waals surface area contributed by atoms with E-state index in [-0.39, 0.29) is 0 Å². The van der Waals surface area contributed by atoms with Crippen LogP contribution in [0.2, 0.25) is 5.02 Å². The lowest BCUT2D eigenvalue weighted by atomic mass is 10.3. The summed E-state index contributed by atoms with van der Waals surface area (Å²) in [5.74, 6) is 1.62. The third-order valence-corrected chi connectivity index (χ3v) is 3.00. The van der Waals surface area contributed by atoms with Crippen LogP contribution < -0.4 is 0 Å². The van der Waals surface area contributed by atoms with E-state index in [1.807, 2.05) is 30.3 Å². The molecule has 0 aliphatic rings. The zero-order chi connectivity index (χ0) is 11.8. The number of benzene rings is 1. The van der Waals surface area contributed by atoms with Crippen molar-refractivity contribution in [2.24, 2.45) is 0 Å². The van der Waals surface area contributed by atoms with Crippen molar-refractivity contribution in [1.29, 1.82) is 0 Å². The summed E-state index contributed by atoms with van der Waals surface area (Å²) in [5, 5.41) is 0.698. The van der Waals surface area contributed by atoms with E-state index in [9.17, 15) is 0 Å². The maximum absolute atomic E-state index is 5.98. The molecule has 3 aromatic rings. The fourth-order valence-electron chi connectivity index (χ4n) is 2.02. The van der Waals surface area contributed by atoms with Crippen molar-refractivity contribution >= 4 is 22.6 Å². The van der Waals surface area contributed by atoms with Crippen molar-refractivity contribution in [3.05, 3.63) is 41.6 Å². The van der Waals surface area contributed by atoms with Crippen molar-refractivity contribution in [3.63, 3.8) is 0 Å². The molecular formula is C13H11ClN2O. The molecule has 0 radical (unpaired) electrons. The lowest BCUT2D eigenvalue weighted by molar-refractivity contribution is 0.571. The summed E-state index contributed by atoms with van der Waals surface area (Å²) in [4.78, 5) is 4.57. The van der Waals surface area contributed by atoms with Crippen LogP contribution in [0.5, 0.6) is 0 Å². The molecule has 0 amide bonds. The Hall–Kier alpha value is -1.74. The van der Waals surface area contributed by atoms with E-state index in [0.29, 0.717) is 5.02 Å². The Morgan fingerprint density at radius 3 is 2.94 bits per heavy atom. The number of imidazole rings is 1. The topological polar surface area (TPSA) is 31.0 Å². The first-order chi connectivity index (χ1) is 8.29. The third kappa shape index (κ3) is 1.63. The van der Waals surface area contributed by atoms with E-state index >= 15 is 0 Å². The predicted molar refractivity (Wildman–Crippen MR) is 68.1 cm³/mol. The minimum atomic E-state index is 0.698. The number of halogens is 1. The van der Waals surface area contributed by atoms with Gasteiger partial charge < -0.3 is 8.98 Å². The van der Waals surface area contributed by atoms with Crippen molar-refractivity contribution in [3.8, 4) is 11.6 Å². The summed E-state index contributed by atoms with van der Waals surface area (Å²) in [7, 11) is 0. The normalized spacial score (nSPS) is 11.2. The lowest BCUT2D eigenvalue weighted by Crippen LogP contribution is -1.96. The number of hydrogen-bond donors (Lipinski definition) is 0. The van der Waals surface area contributed by atoms with E-state index in [1.54, 1.807) is 6.26 Å². The number of rotatable bonds is 2. The summed E-state index contributed by atoms with van der Waals surface area (Å²) in [6, 6.07) is 9.51. The highest BCUT2D eigenvalue weighted by molar-refractivity contribution is 6.31. The Labute approximate surface area is 104 Å². The van der Waals surface area contributed by atoms with E-state index in [0.717, 1.165) is 29.2 Å². The largest absolute Gasteiger partial charge is 0.461 e. The van der Waals surface area contributed by atoms with Gasteiger partial charge in [-0.3, -0.25) is 0 Å². The zero-order valence-corrected chi connectivity index (χ0v) is 10.1. The number of aryl methyl sites for hydroxylation is 1. The number of furan rings is 1. The molecule has 1 aromatic carbocycles.